The van der Waals surface area contributed by atoms with E-state index in [1.165, 1.54) is 36.6 Å². The Morgan fingerprint density at radius 1 is 1.24 bits per heavy atom. The maximum Gasteiger partial charge on any atom is 0.266 e. The summed E-state index contributed by atoms with van der Waals surface area (Å²) in [6.07, 6.45) is 11.1. The Bertz CT molecular complexity index is 1110. The molecule has 7 heteroatoms. The SMILES string of the molecule is COc1cccc(-c2cc(CCCCCN)c(/C=C3\SC(=S)N(C4CC5CCC4C5)C3=O)[nH]2)c1. The number of carbonyl (C=O) groups excluding carboxylic acids is 1. The summed E-state index contributed by atoms with van der Waals surface area (Å²) in [6.45, 7) is 0.723. The van der Waals surface area contributed by atoms with Gasteiger partial charge in [0.2, 0.25) is 0 Å². The zero-order valence-electron chi connectivity index (χ0n) is 19.7. The standard InChI is InChI=1S/C27H33N3O2S2/c1-32-21-8-5-7-18(14-21)22-15-19(6-3-2-4-11-28)23(29-22)16-25-26(31)30(27(33)34-25)24-13-17-9-10-20(24)12-17/h5,7-8,14-17,20,24,29H,2-4,6,9-13,28H2,1H3/b25-16-. The zero-order valence-corrected chi connectivity index (χ0v) is 21.4. The lowest BCUT2D eigenvalue weighted by Gasteiger charge is -2.30. The maximum absolute atomic E-state index is 13.5. The van der Waals surface area contributed by atoms with Crippen molar-refractivity contribution in [2.24, 2.45) is 17.6 Å². The van der Waals surface area contributed by atoms with Crippen molar-refractivity contribution in [1.82, 2.24) is 9.88 Å². The molecule has 34 heavy (non-hydrogen) atoms. The van der Waals surface area contributed by atoms with Crippen molar-refractivity contribution < 1.29 is 9.53 Å². The molecule has 2 aliphatic carbocycles. The van der Waals surface area contributed by atoms with E-state index in [9.17, 15) is 4.79 Å². The van der Waals surface area contributed by atoms with Crippen LogP contribution in [0.2, 0.25) is 0 Å². The average molecular weight is 496 g/mol. The van der Waals surface area contributed by atoms with E-state index >= 15 is 0 Å². The third-order valence-corrected chi connectivity index (χ3v) is 8.93. The lowest BCUT2D eigenvalue weighted by molar-refractivity contribution is -0.124. The lowest BCUT2D eigenvalue weighted by atomic mass is 9.94. The molecule has 3 fully saturated rings. The number of nitrogens with zero attached hydrogens (tertiary/aromatic N) is 1. The van der Waals surface area contributed by atoms with Gasteiger partial charge in [-0.05, 0) is 86.7 Å². The van der Waals surface area contributed by atoms with Crippen LogP contribution >= 0.6 is 24.0 Å². The summed E-state index contributed by atoms with van der Waals surface area (Å²) in [5, 5.41) is 0. The number of hydrogen-bond donors (Lipinski definition) is 2. The Kier molecular flexibility index (Phi) is 7.14. The first kappa shape index (κ1) is 23.6. The quantitative estimate of drug-likeness (QED) is 0.263. The molecule has 3 atom stereocenters. The van der Waals surface area contributed by atoms with E-state index in [1.807, 2.05) is 29.2 Å². The predicted octanol–water partition coefficient (Wildman–Crippen LogP) is 5.75. The number of carbonyl (C=O) groups is 1. The van der Waals surface area contributed by atoms with Gasteiger partial charge in [-0.25, -0.2) is 0 Å². The highest BCUT2D eigenvalue weighted by atomic mass is 32.2. The number of aromatic nitrogens is 1. The van der Waals surface area contributed by atoms with Crippen molar-refractivity contribution >= 4 is 40.3 Å². The topological polar surface area (TPSA) is 71.3 Å². The number of thiocarbonyl (C=S) groups is 1. The number of aromatic amines is 1. The highest BCUT2D eigenvalue weighted by molar-refractivity contribution is 8.26. The van der Waals surface area contributed by atoms with Crippen molar-refractivity contribution in [1.29, 1.82) is 0 Å². The summed E-state index contributed by atoms with van der Waals surface area (Å²) < 4.78 is 6.13. The molecule has 0 spiro atoms. The largest absolute Gasteiger partial charge is 0.497 e. The molecule has 0 radical (unpaired) electrons. The molecule has 1 aromatic heterocycles. The third-order valence-electron chi connectivity index (χ3n) is 7.60. The summed E-state index contributed by atoms with van der Waals surface area (Å²) in [6, 6.07) is 10.6. The minimum absolute atomic E-state index is 0.0826. The third kappa shape index (κ3) is 4.70. The van der Waals surface area contributed by atoms with Gasteiger partial charge >= 0.3 is 0 Å². The second-order valence-corrected chi connectivity index (χ2v) is 11.4. The molecule has 2 saturated carbocycles. The van der Waals surface area contributed by atoms with Crippen LogP contribution in [-0.2, 0) is 11.2 Å². The van der Waals surface area contributed by atoms with Crippen LogP contribution in [0.1, 0.15) is 56.2 Å². The van der Waals surface area contributed by atoms with Crippen LogP contribution in [0.3, 0.4) is 0 Å². The Balaban J connectivity index is 1.42. The summed E-state index contributed by atoms with van der Waals surface area (Å²) in [4.78, 5) is 19.7. The monoisotopic (exact) mass is 495 g/mol. The minimum Gasteiger partial charge on any atom is -0.497 e. The summed E-state index contributed by atoms with van der Waals surface area (Å²) in [5.74, 6) is 2.30. The molecule has 3 N–H and O–H groups in total. The molecule has 2 bridgehead atoms. The first-order chi connectivity index (χ1) is 16.6. The molecule has 3 aliphatic rings. The van der Waals surface area contributed by atoms with Gasteiger partial charge in [-0.1, -0.05) is 49.0 Å². The molecule has 1 aliphatic heterocycles. The number of rotatable bonds is 9. The number of benzene rings is 1. The van der Waals surface area contributed by atoms with Crippen LogP contribution in [0, 0.1) is 11.8 Å². The number of H-pyrrole nitrogens is 1. The zero-order chi connectivity index (χ0) is 23.7. The number of nitrogens with two attached hydrogens (primary N) is 1. The van der Waals surface area contributed by atoms with Gasteiger partial charge < -0.3 is 15.5 Å². The number of hydrogen-bond acceptors (Lipinski definition) is 5. The number of aryl methyl sites for hydroxylation is 1. The van der Waals surface area contributed by atoms with E-state index in [0.717, 1.165) is 76.5 Å². The molecule has 2 heterocycles. The first-order valence-corrected chi connectivity index (χ1v) is 13.6. The molecule has 1 saturated heterocycles. The second-order valence-electron chi connectivity index (χ2n) is 9.75. The molecular formula is C27H33N3O2S2. The van der Waals surface area contributed by atoms with E-state index in [-0.39, 0.29) is 5.91 Å². The van der Waals surface area contributed by atoms with Gasteiger partial charge in [0.05, 0.1) is 12.0 Å². The Labute approximate surface area is 211 Å². The Morgan fingerprint density at radius 3 is 2.85 bits per heavy atom. The number of amides is 1. The summed E-state index contributed by atoms with van der Waals surface area (Å²) >= 11 is 7.15. The normalized spacial score (nSPS) is 25.2. The predicted molar refractivity (Wildman–Crippen MR) is 144 cm³/mol. The Hall–Kier alpha value is -2.09. The molecule has 2 aromatic rings. The van der Waals surface area contributed by atoms with Crippen LogP contribution in [0.4, 0.5) is 0 Å². The fourth-order valence-electron chi connectivity index (χ4n) is 5.86. The fourth-order valence-corrected chi connectivity index (χ4v) is 7.21. The van der Waals surface area contributed by atoms with Gasteiger partial charge in [-0.3, -0.25) is 9.69 Å². The van der Waals surface area contributed by atoms with Crippen molar-refractivity contribution in [2.75, 3.05) is 13.7 Å². The van der Waals surface area contributed by atoms with Crippen LogP contribution in [0.15, 0.2) is 35.2 Å². The van der Waals surface area contributed by atoms with E-state index < -0.39 is 0 Å². The number of fused-ring (bicyclic) bond motifs is 2. The lowest BCUT2D eigenvalue weighted by Crippen LogP contribution is -2.41. The number of ether oxygens (including phenoxy) is 1. The molecule has 1 aromatic carbocycles. The number of thioether (sulfide) groups is 1. The van der Waals surface area contributed by atoms with Gasteiger partial charge in [-0.2, -0.15) is 0 Å². The van der Waals surface area contributed by atoms with Crippen molar-refractivity contribution in [2.45, 2.75) is 57.4 Å². The molecule has 1 amide bonds. The second kappa shape index (κ2) is 10.3. The van der Waals surface area contributed by atoms with Crippen molar-refractivity contribution in [3.05, 3.63) is 46.5 Å². The number of nitrogens with one attached hydrogen (secondary N) is 1. The molecule has 3 unspecified atom stereocenters. The van der Waals surface area contributed by atoms with E-state index in [1.54, 1.807) is 7.11 Å². The van der Waals surface area contributed by atoms with E-state index in [0.29, 0.717) is 12.0 Å². The minimum atomic E-state index is 0.0826. The molecular weight excluding hydrogens is 462 g/mol. The van der Waals surface area contributed by atoms with Crippen LogP contribution in [0.5, 0.6) is 5.75 Å². The fraction of sp³-hybridized carbons (Fsp3) is 0.481. The first-order valence-electron chi connectivity index (χ1n) is 12.4. The van der Waals surface area contributed by atoms with Gasteiger partial charge in [-0.15, -0.1) is 0 Å². The molecule has 5 rings (SSSR count). The van der Waals surface area contributed by atoms with Crippen LogP contribution in [-0.4, -0.2) is 39.8 Å². The Morgan fingerprint density at radius 2 is 2.12 bits per heavy atom. The molecule has 180 valence electrons. The average Bonchev–Trinajstić information content (AvgIpc) is 3.62. The maximum atomic E-state index is 13.5. The van der Waals surface area contributed by atoms with Crippen molar-refractivity contribution in [3.63, 3.8) is 0 Å². The number of unbranched alkanes of at least 4 members (excludes halogenated alkanes) is 2. The summed E-state index contributed by atoms with van der Waals surface area (Å²) in [7, 11) is 1.68. The highest BCUT2D eigenvalue weighted by Crippen LogP contribution is 2.49. The molecule has 5 nitrogen and oxygen atoms in total. The van der Waals surface area contributed by atoms with Gasteiger partial charge in [0.1, 0.15) is 10.1 Å². The van der Waals surface area contributed by atoms with E-state index in [4.69, 9.17) is 22.7 Å². The smallest absolute Gasteiger partial charge is 0.266 e. The summed E-state index contributed by atoms with van der Waals surface area (Å²) in [5.41, 5.74) is 10.0. The highest BCUT2D eigenvalue weighted by Gasteiger charge is 2.48. The van der Waals surface area contributed by atoms with Crippen LogP contribution in [0.25, 0.3) is 17.3 Å². The van der Waals surface area contributed by atoms with Crippen LogP contribution < -0.4 is 10.5 Å². The van der Waals surface area contributed by atoms with Crippen molar-refractivity contribution in [3.8, 4) is 17.0 Å². The van der Waals surface area contributed by atoms with Gasteiger partial charge in [0.25, 0.3) is 5.91 Å². The van der Waals surface area contributed by atoms with Gasteiger partial charge in [0, 0.05) is 23.0 Å². The van der Waals surface area contributed by atoms with Gasteiger partial charge in [0.15, 0.2) is 0 Å². The number of methoxy groups -OCH3 is 1. The van der Waals surface area contributed by atoms with E-state index in [2.05, 4.69) is 17.1 Å².